The molecule has 0 unspecified atom stereocenters. The number of nitrogens with zero attached hydrogens (tertiary/aromatic N) is 1. The van der Waals surface area contributed by atoms with Gasteiger partial charge in [-0.05, 0) is 44.0 Å². The van der Waals surface area contributed by atoms with Crippen molar-refractivity contribution >= 4 is 29.1 Å². The summed E-state index contributed by atoms with van der Waals surface area (Å²) in [6.45, 7) is 2.67. The number of ether oxygens (including phenoxy) is 2. The summed E-state index contributed by atoms with van der Waals surface area (Å²) in [6, 6.07) is 4.93. The number of carbonyl (C=O) groups excluding carboxylic acids is 1. The molecule has 1 fully saturated rings. The standard InChI is InChI=1S/C16H22Cl2N2O3/c17-12-2-3-15(14(18)10-12)23-11-16(21)20-7-4-13(5-8-20)22-9-1-6-19/h2-3,10,13H,1,4-9,11,19H2. The SMILES string of the molecule is NCCCOC1CCN(C(=O)COc2ccc(Cl)cc2Cl)CC1. The van der Waals surface area contributed by atoms with Gasteiger partial charge in [-0.2, -0.15) is 0 Å². The maximum absolute atomic E-state index is 12.2. The van der Waals surface area contributed by atoms with Gasteiger partial charge in [-0.3, -0.25) is 4.79 Å². The van der Waals surface area contributed by atoms with E-state index in [0.29, 0.717) is 42.0 Å². The molecular formula is C16H22Cl2N2O3. The van der Waals surface area contributed by atoms with Gasteiger partial charge in [0.1, 0.15) is 5.75 Å². The number of hydrogen-bond donors (Lipinski definition) is 1. The van der Waals surface area contributed by atoms with E-state index in [0.717, 1.165) is 19.3 Å². The van der Waals surface area contributed by atoms with Crippen molar-refractivity contribution < 1.29 is 14.3 Å². The Morgan fingerprint density at radius 3 is 2.70 bits per heavy atom. The van der Waals surface area contributed by atoms with Crippen molar-refractivity contribution in [2.24, 2.45) is 5.73 Å². The second-order valence-corrected chi connectivity index (χ2v) is 6.30. The first-order valence-electron chi connectivity index (χ1n) is 7.77. The van der Waals surface area contributed by atoms with Gasteiger partial charge in [-0.1, -0.05) is 23.2 Å². The summed E-state index contributed by atoms with van der Waals surface area (Å²) < 4.78 is 11.2. The van der Waals surface area contributed by atoms with Crippen molar-refractivity contribution in [3.63, 3.8) is 0 Å². The van der Waals surface area contributed by atoms with Crippen LogP contribution in [0.15, 0.2) is 18.2 Å². The Morgan fingerprint density at radius 1 is 1.30 bits per heavy atom. The Hall–Kier alpha value is -1.01. The average molecular weight is 361 g/mol. The van der Waals surface area contributed by atoms with Crippen LogP contribution < -0.4 is 10.5 Å². The fraction of sp³-hybridized carbons (Fsp3) is 0.562. The number of benzene rings is 1. The Balaban J connectivity index is 1.72. The van der Waals surface area contributed by atoms with Crippen molar-refractivity contribution in [3.8, 4) is 5.75 Å². The summed E-state index contributed by atoms with van der Waals surface area (Å²) >= 11 is 11.8. The number of piperidine rings is 1. The van der Waals surface area contributed by atoms with Crippen molar-refractivity contribution in [3.05, 3.63) is 28.2 Å². The van der Waals surface area contributed by atoms with Crippen LogP contribution in [0, 0.1) is 0 Å². The molecule has 0 radical (unpaired) electrons. The van der Waals surface area contributed by atoms with Crippen LogP contribution in [0.5, 0.6) is 5.75 Å². The summed E-state index contributed by atoms with van der Waals surface area (Å²) in [7, 11) is 0. The van der Waals surface area contributed by atoms with E-state index in [2.05, 4.69) is 0 Å². The molecule has 1 aliphatic heterocycles. The summed E-state index contributed by atoms with van der Waals surface area (Å²) in [5.74, 6) is 0.417. The molecule has 23 heavy (non-hydrogen) atoms. The van der Waals surface area contributed by atoms with E-state index >= 15 is 0 Å². The van der Waals surface area contributed by atoms with E-state index in [1.165, 1.54) is 0 Å². The van der Waals surface area contributed by atoms with E-state index < -0.39 is 0 Å². The van der Waals surface area contributed by atoms with Gasteiger partial charge < -0.3 is 20.1 Å². The lowest BCUT2D eigenvalue weighted by molar-refractivity contribution is -0.136. The van der Waals surface area contributed by atoms with Crippen LogP contribution in [0.4, 0.5) is 0 Å². The van der Waals surface area contributed by atoms with Crippen molar-refractivity contribution in [2.75, 3.05) is 32.8 Å². The molecule has 0 atom stereocenters. The van der Waals surface area contributed by atoms with Crippen molar-refractivity contribution in [2.45, 2.75) is 25.4 Å². The topological polar surface area (TPSA) is 64.8 Å². The average Bonchev–Trinajstić information content (AvgIpc) is 2.55. The maximum Gasteiger partial charge on any atom is 0.260 e. The fourth-order valence-corrected chi connectivity index (χ4v) is 2.89. The van der Waals surface area contributed by atoms with Crippen LogP contribution in [0.2, 0.25) is 10.0 Å². The van der Waals surface area contributed by atoms with Crippen LogP contribution in [0.3, 0.4) is 0 Å². The molecule has 1 aromatic carbocycles. The Morgan fingerprint density at radius 2 is 2.04 bits per heavy atom. The molecule has 2 N–H and O–H groups in total. The highest BCUT2D eigenvalue weighted by Gasteiger charge is 2.23. The van der Waals surface area contributed by atoms with Crippen molar-refractivity contribution in [1.29, 1.82) is 0 Å². The lowest BCUT2D eigenvalue weighted by Gasteiger charge is -2.32. The van der Waals surface area contributed by atoms with Gasteiger partial charge in [0, 0.05) is 24.7 Å². The second-order valence-electron chi connectivity index (χ2n) is 5.46. The molecule has 2 rings (SSSR count). The third-order valence-electron chi connectivity index (χ3n) is 3.74. The second kappa shape index (κ2) is 9.33. The van der Waals surface area contributed by atoms with Gasteiger partial charge in [0.15, 0.2) is 6.61 Å². The molecule has 0 aromatic heterocycles. The van der Waals surface area contributed by atoms with Crippen LogP contribution in [-0.4, -0.2) is 49.8 Å². The number of halogens is 2. The molecule has 0 bridgehead atoms. The van der Waals surface area contributed by atoms with Gasteiger partial charge in [0.25, 0.3) is 5.91 Å². The quantitative estimate of drug-likeness (QED) is 0.759. The highest BCUT2D eigenvalue weighted by Crippen LogP contribution is 2.27. The highest BCUT2D eigenvalue weighted by molar-refractivity contribution is 6.35. The van der Waals surface area contributed by atoms with E-state index in [4.69, 9.17) is 38.4 Å². The smallest absolute Gasteiger partial charge is 0.260 e. The number of likely N-dealkylation sites (tertiary alicyclic amines) is 1. The predicted molar refractivity (Wildman–Crippen MR) is 91.2 cm³/mol. The number of rotatable bonds is 7. The molecule has 0 spiro atoms. The molecule has 1 saturated heterocycles. The van der Waals surface area contributed by atoms with E-state index in [9.17, 15) is 4.79 Å². The first-order valence-corrected chi connectivity index (χ1v) is 8.53. The number of hydrogen-bond acceptors (Lipinski definition) is 4. The van der Waals surface area contributed by atoms with Gasteiger partial charge in [-0.15, -0.1) is 0 Å². The number of nitrogens with two attached hydrogens (primary N) is 1. The summed E-state index contributed by atoms with van der Waals surface area (Å²) in [5.41, 5.74) is 5.44. The lowest BCUT2D eigenvalue weighted by Crippen LogP contribution is -2.43. The number of carbonyl (C=O) groups is 1. The minimum Gasteiger partial charge on any atom is -0.482 e. The molecule has 1 aromatic rings. The van der Waals surface area contributed by atoms with Gasteiger partial charge >= 0.3 is 0 Å². The Bertz CT molecular complexity index is 520. The van der Waals surface area contributed by atoms with Crippen molar-refractivity contribution in [1.82, 2.24) is 4.90 Å². The molecule has 7 heteroatoms. The molecule has 1 aliphatic rings. The Kier molecular flexibility index (Phi) is 7.43. The fourth-order valence-electron chi connectivity index (χ4n) is 2.43. The highest BCUT2D eigenvalue weighted by atomic mass is 35.5. The van der Waals surface area contributed by atoms with Gasteiger partial charge in [0.05, 0.1) is 11.1 Å². The molecular weight excluding hydrogens is 339 g/mol. The van der Waals surface area contributed by atoms with Gasteiger partial charge in [-0.25, -0.2) is 0 Å². The minimum atomic E-state index is -0.0450. The van der Waals surface area contributed by atoms with E-state index in [1.807, 2.05) is 0 Å². The third-order valence-corrected chi connectivity index (χ3v) is 4.27. The van der Waals surface area contributed by atoms with Crippen LogP contribution in [0.1, 0.15) is 19.3 Å². The lowest BCUT2D eigenvalue weighted by atomic mass is 10.1. The molecule has 5 nitrogen and oxygen atoms in total. The van der Waals surface area contributed by atoms with E-state index in [-0.39, 0.29) is 18.6 Å². The monoisotopic (exact) mass is 360 g/mol. The zero-order chi connectivity index (χ0) is 16.7. The summed E-state index contributed by atoms with van der Waals surface area (Å²) in [5, 5.41) is 0.933. The molecule has 1 amide bonds. The third kappa shape index (κ3) is 5.84. The van der Waals surface area contributed by atoms with Gasteiger partial charge in [0.2, 0.25) is 0 Å². The zero-order valence-corrected chi connectivity index (χ0v) is 14.5. The first kappa shape index (κ1) is 18.3. The molecule has 0 aliphatic carbocycles. The van der Waals surface area contributed by atoms with Crippen LogP contribution in [-0.2, 0) is 9.53 Å². The van der Waals surface area contributed by atoms with Crippen LogP contribution >= 0.6 is 23.2 Å². The summed E-state index contributed by atoms with van der Waals surface area (Å²) in [6.07, 6.45) is 2.78. The normalized spacial score (nSPS) is 15.7. The predicted octanol–water partition coefficient (Wildman–Crippen LogP) is 2.73. The minimum absolute atomic E-state index is 0.0277. The summed E-state index contributed by atoms with van der Waals surface area (Å²) in [4.78, 5) is 14.0. The zero-order valence-electron chi connectivity index (χ0n) is 13.0. The molecule has 1 heterocycles. The maximum atomic E-state index is 12.2. The van der Waals surface area contributed by atoms with E-state index in [1.54, 1.807) is 23.1 Å². The first-order chi connectivity index (χ1) is 11.1. The number of amides is 1. The molecule has 128 valence electrons. The Labute approximate surface area is 146 Å². The molecule has 0 saturated carbocycles. The van der Waals surface area contributed by atoms with Crippen LogP contribution in [0.25, 0.3) is 0 Å². The largest absolute Gasteiger partial charge is 0.482 e.